The maximum atomic E-state index is 11.9. The fraction of sp³-hybridized carbons (Fsp3) is 0.333. The van der Waals surface area contributed by atoms with Gasteiger partial charge in [0.25, 0.3) is 5.91 Å². The Bertz CT molecular complexity index is 654. The molecule has 0 bridgehead atoms. The number of nitrogens with one attached hydrogen (secondary N) is 1. The molecule has 0 spiro atoms. The highest BCUT2D eigenvalue weighted by atomic mass is 32.2. The van der Waals surface area contributed by atoms with Crippen LogP contribution in [0.5, 0.6) is 11.5 Å². The first-order valence-electron chi connectivity index (χ1n) is 5.84. The summed E-state index contributed by atoms with van der Waals surface area (Å²) in [6, 6.07) is 2.23. The highest BCUT2D eigenvalue weighted by molar-refractivity contribution is 7.90. The number of carbonyl (C=O) groups is 2. The summed E-state index contributed by atoms with van der Waals surface area (Å²) in [5.74, 6) is -3.93. The zero-order valence-electron chi connectivity index (χ0n) is 11.1. The van der Waals surface area contributed by atoms with Crippen molar-refractivity contribution in [2.45, 2.75) is 12.5 Å². The highest BCUT2D eigenvalue weighted by Crippen LogP contribution is 2.28. The largest absolute Gasteiger partial charge is 0.504 e. The van der Waals surface area contributed by atoms with E-state index in [1.165, 1.54) is 12.1 Å². The van der Waals surface area contributed by atoms with Crippen molar-refractivity contribution in [3.8, 4) is 11.5 Å². The Morgan fingerprint density at radius 3 is 2.43 bits per heavy atom. The maximum absolute atomic E-state index is 11.9. The van der Waals surface area contributed by atoms with E-state index in [0.29, 0.717) is 0 Å². The highest BCUT2D eigenvalue weighted by Gasteiger charge is 2.24. The predicted molar refractivity (Wildman–Crippen MR) is 73.0 cm³/mol. The number of rotatable bonds is 6. The lowest BCUT2D eigenvalue weighted by atomic mass is 10.1. The van der Waals surface area contributed by atoms with Gasteiger partial charge in [0.05, 0.1) is 11.3 Å². The topological polar surface area (TPSA) is 141 Å². The van der Waals surface area contributed by atoms with E-state index in [1.807, 2.05) is 0 Å². The number of para-hydroxylation sites is 1. The van der Waals surface area contributed by atoms with Gasteiger partial charge in [0.2, 0.25) is 0 Å². The van der Waals surface area contributed by atoms with Crippen LogP contribution in [-0.2, 0) is 14.6 Å². The molecule has 0 radical (unpaired) electrons. The van der Waals surface area contributed by atoms with E-state index in [1.54, 1.807) is 0 Å². The van der Waals surface area contributed by atoms with E-state index in [9.17, 15) is 28.2 Å². The van der Waals surface area contributed by atoms with E-state index < -0.39 is 45.0 Å². The van der Waals surface area contributed by atoms with Crippen LogP contribution >= 0.6 is 0 Å². The van der Waals surface area contributed by atoms with Crippen LogP contribution in [0.25, 0.3) is 0 Å². The van der Waals surface area contributed by atoms with Gasteiger partial charge in [0.1, 0.15) is 15.9 Å². The summed E-state index contributed by atoms with van der Waals surface area (Å²) < 4.78 is 22.1. The number of phenolic OH excluding ortho intramolecular Hbond substituents is 2. The fourth-order valence-electron chi connectivity index (χ4n) is 1.54. The van der Waals surface area contributed by atoms with Crippen molar-refractivity contribution < 1.29 is 33.3 Å². The number of hydrogen-bond acceptors (Lipinski definition) is 6. The molecule has 0 saturated heterocycles. The lowest BCUT2D eigenvalue weighted by Gasteiger charge is -2.14. The summed E-state index contributed by atoms with van der Waals surface area (Å²) in [6.07, 6.45) is 0.647. The second kappa shape index (κ2) is 6.44. The average molecular weight is 317 g/mol. The van der Waals surface area contributed by atoms with Gasteiger partial charge in [-0.15, -0.1) is 0 Å². The summed E-state index contributed by atoms with van der Waals surface area (Å²) in [7, 11) is -3.37. The Balaban J connectivity index is 2.86. The molecule has 0 aliphatic rings. The molecule has 0 fully saturated rings. The van der Waals surface area contributed by atoms with Crippen LogP contribution in [-0.4, -0.2) is 53.7 Å². The van der Waals surface area contributed by atoms with Gasteiger partial charge in [0, 0.05) is 6.26 Å². The molecule has 1 aromatic rings. The Morgan fingerprint density at radius 1 is 1.29 bits per heavy atom. The Hall–Kier alpha value is -2.29. The van der Waals surface area contributed by atoms with Crippen LogP contribution in [0.4, 0.5) is 0 Å². The van der Waals surface area contributed by atoms with E-state index >= 15 is 0 Å². The molecule has 1 aromatic carbocycles. The predicted octanol–water partition coefficient (Wildman–Crippen LogP) is -0.285. The number of benzene rings is 1. The van der Waals surface area contributed by atoms with Crippen molar-refractivity contribution in [2.24, 2.45) is 0 Å². The zero-order chi connectivity index (χ0) is 16.2. The zero-order valence-corrected chi connectivity index (χ0v) is 11.9. The molecule has 1 amide bonds. The normalized spacial score (nSPS) is 12.6. The number of hydrogen-bond donors (Lipinski definition) is 4. The summed E-state index contributed by atoms with van der Waals surface area (Å²) >= 11 is 0. The first kappa shape index (κ1) is 16.8. The lowest BCUT2D eigenvalue weighted by Crippen LogP contribution is -2.41. The number of aliphatic carboxylic acids is 1. The summed E-state index contributed by atoms with van der Waals surface area (Å²) in [4.78, 5) is 22.9. The summed E-state index contributed by atoms with van der Waals surface area (Å²) in [6.45, 7) is 0. The number of carboxylic acid groups (broad SMARTS) is 1. The average Bonchev–Trinajstić information content (AvgIpc) is 2.36. The van der Waals surface area contributed by atoms with Crippen LogP contribution in [0.2, 0.25) is 0 Å². The summed E-state index contributed by atoms with van der Waals surface area (Å²) in [5, 5.41) is 29.9. The minimum Gasteiger partial charge on any atom is -0.504 e. The van der Waals surface area contributed by atoms with Crippen molar-refractivity contribution >= 4 is 21.7 Å². The molecule has 1 rings (SSSR count). The second-order valence-electron chi connectivity index (χ2n) is 4.46. The molecule has 116 valence electrons. The minimum atomic E-state index is -3.37. The molecular weight excluding hydrogens is 302 g/mol. The van der Waals surface area contributed by atoms with Gasteiger partial charge < -0.3 is 20.6 Å². The lowest BCUT2D eigenvalue weighted by molar-refractivity contribution is -0.139. The van der Waals surface area contributed by atoms with Crippen molar-refractivity contribution in [3.63, 3.8) is 0 Å². The fourth-order valence-corrected chi connectivity index (χ4v) is 2.20. The van der Waals surface area contributed by atoms with Crippen molar-refractivity contribution in [1.82, 2.24) is 5.32 Å². The van der Waals surface area contributed by atoms with Crippen LogP contribution in [0.1, 0.15) is 16.8 Å². The second-order valence-corrected chi connectivity index (χ2v) is 6.72. The van der Waals surface area contributed by atoms with E-state index in [-0.39, 0.29) is 12.0 Å². The molecule has 9 heteroatoms. The molecule has 0 aromatic heterocycles. The minimum absolute atomic E-state index is 0.305. The third-order valence-corrected chi connectivity index (χ3v) is 3.62. The Morgan fingerprint density at radius 2 is 1.90 bits per heavy atom. The molecule has 0 aliphatic carbocycles. The van der Waals surface area contributed by atoms with E-state index in [0.717, 1.165) is 12.3 Å². The van der Waals surface area contributed by atoms with E-state index in [2.05, 4.69) is 5.32 Å². The van der Waals surface area contributed by atoms with E-state index in [4.69, 9.17) is 5.11 Å². The number of amides is 1. The first-order valence-corrected chi connectivity index (χ1v) is 7.90. The van der Waals surface area contributed by atoms with Crippen molar-refractivity contribution in [2.75, 3.05) is 12.0 Å². The van der Waals surface area contributed by atoms with Gasteiger partial charge in [-0.25, -0.2) is 13.2 Å². The molecule has 0 aliphatic heterocycles. The van der Waals surface area contributed by atoms with Gasteiger partial charge in [0.15, 0.2) is 11.5 Å². The van der Waals surface area contributed by atoms with Crippen molar-refractivity contribution in [3.05, 3.63) is 23.8 Å². The number of aromatic hydroxyl groups is 2. The van der Waals surface area contributed by atoms with Crippen LogP contribution in [0.15, 0.2) is 18.2 Å². The molecule has 21 heavy (non-hydrogen) atoms. The number of carboxylic acids is 1. The van der Waals surface area contributed by atoms with Crippen molar-refractivity contribution in [1.29, 1.82) is 0 Å². The van der Waals surface area contributed by atoms with Gasteiger partial charge in [-0.05, 0) is 18.6 Å². The third kappa shape index (κ3) is 4.95. The molecule has 8 nitrogen and oxygen atoms in total. The molecule has 0 heterocycles. The van der Waals surface area contributed by atoms with Crippen LogP contribution in [0.3, 0.4) is 0 Å². The van der Waals surface area contributed by atoms with Gasteiger partial charge >= 0.3 is 5.97 Å². The molecule has 4 N–H and O–H groups in total. The van der Waals surface area contributed by atoms with Gasteiger partial charge in [-0.1, -0.05) is 6.07 Å². The smallest absolute Gasteiger partial charge is 0.326 e. The van der Waals surface area contributed by atoms with Gasteiger partial charge in [-0.2, -0.15) is 0 Å². The monoisotopic (exact) mass is 317 g/mol. The number of sulfone groups is 1. The molecule has 1 atom stereocenters. The number of phenols is 2. The standard InChI is InChI=1S/C12H15NO7S/c1-21(19,20)6-5-8(12(17)18)13-11(16)7-3-2-4-9(14)10(7)15/h2-4,8,14-15H,5-6H2,1H3,(H,13,16)(H,17,18). The summed E-state index contributed by atoms with van der Waals surface area (Å²) in [5.41, 5.74) is -0.305. The Kier molecular flexibility index (Phi) is 5.14. The Labute approximate surface area is 121 Å². The van der Waals surface area contributed by atoms with Crippen LogP contribution in [0, 0.1) is 0 Å². The third-order valence-electron chi connectivity index (χ3n) is 2.64. The number of carbonyl (C=O) groups excluding carboxylic acids is 1. The van der Waals surface area contributed by atoms with Crippen LogP contribution < -0.4 is 5.32 Å². The molecule has 1 unspecified atom stereocenters. The van der Waals surface area contributed by atoms with Gasteiger partial charge in [-0.3, -0.25) is 4.79 Å². The molecule has 0 saturated carbocycles. The molecular formula is C12H15NO7S. The first-order chi connectivity index (χ1) is 9.61. The SMILES string of the molecule is CS(=O)(=O)CCC(NC(=O)c1cccc(O)c1O)C(=O)O. The maximum Gasteiger partial charge on any atom is 0.326 e. The quantitative estimate of drug-likeness (QED) is 0.528.